The zero-order chi connectivity index (χ0) is 16.8. The predicted octanol–water partition coefficient (Wildman–Crippen LogP) is 3.21. The van der Waals surface area contributed by atoms with Crippen LogP contribution in [0.25, 0.3) is 0 Å². The molecule has 1 aliphatic rings. The summed E-state index contributed by atoms with van der Waals surface area (Å²) in [7, 11) is 3.67. The average Bonchev–Trinajstić information content (AvgIpc) is 2.56. The highest BCUT2D eigenvalue weighted by molar-refractivity contribution is 5.81. The molecule has 3 atom stereocenters. The highest BCUT2D eigenvalue weighted by atomic mass is 16.5. The molecule has 0 aliphatic heterocycles. The Morgan fingerprint density at radius 1 is 1.30 bits per heavy atom. The molecule has 0 saturated heterocycles. The summed E-state index contributed by atoms with van der Waals surface area (Å²) in [5.41, 5.74) is 1.18. The lowest BCUT2D eigenvalue weighted by Gasteiger charge is -2.32. The largest absolute Gasteiger partial charge is 0.497 e. The van der Waals surface area contributed by atoms with Gasteiger partial charge in [0.2, 0.25) is 5.91 Å². The van der Waals surface area contributed by atoms with Crippen LogP contribution in [0.15, 0.2) is 24.3 Å². The van der Waals surface area contributed by atoms with E-state index in [4.69, 9.17) is 4.74 Å². The van der Waals surface area contributed by atoms with Crippen molar-refractivity contribution in [3.05, 3.63) is 29.8 Å². The molecule has 2 rings (SSSR count). The van der Waals surface area contributed by atoms with Crippen LogP contribution in [-0.2, 0) is 11.3 Å². The number of carbonyl (C=O) groups excluding carboxylic acids is 1. The standard InChI is InChI=1S/C19H30N2O2/c1-14-7-5-6-8-18(14)20-19(22)15(2)21(3)13-16-9-11-17(23-4)12-10-16/h9-12,14-15,18H,5-8,13H2,1-4H3,(H,20,22). The van der Waals surface area contributed by atoms with Crippen molar-refractivity contribution in [3.8, 4) is 5.75 Å². The summed E-state index contributed by atoms with van der Waals surface area (Å²) in [6.45, 7) is 4.97. The number of hydrogen-bond acceptors (Lipinski definition) is 3. The van der Waals surface area contributed by atoms with Crippen LogP contribution in [0.3, 0.4) is 0 Å². The quantitative estimate of drug-likeness (QED) is 0.876. The zero-order valence-corrected chi connectivity index (χ0v) is 14.8. The molecule has 0 bridgehead atoms. The van der Waals surface area contributed by atoms with E-state index in [0.29, 0.717) is 12.0 Å². The number of methoxy groups -OCH3 is 1. The van der Waals surface area contributed by atoms with E-state index in [0.717, 1.165) is 18.7 Å². The number of nitrogens with zero attached hydrogens (tertiary/aromatic N) is 1. The Balaban J connectivity index is 1.87. The van der Waals surface area contributed by atoms with Crippen LogP contribution in [0.1, 0.15) is 45.1 Å². The monoisotopic (exact) mass is 318 g/mol. The molecule has 23 heavy (non-hydrogen) atoms. The Hall–Kier alpha value is -1.55. The molecule has 4 heteroatoms. The molecule has 1 saturated carbocycles. The number of hydrogen-bond donors (Lipinski definition) is 1. The van der Waals surface area contributed by atoms with Gasteiger partial charge in [-0.05, 0) is 50.4 Å². The number of benzene rings is 1. The van der Waals surface area contributed by atoms with E-state index in [1.54, 1.807) is 7.11 Å². The Bertz CT molecular complexity index is 501. The molecule has 0 heterocycles. The van der Waals surface area contributed by atoms with E-state index in [2.05, 4.69) is 17.1 Å². The van der Waals surface area contributed by atoms with Crippen LogP contribution in [0, 0.1) is 5.92 Å². The molecule has 1 aliphatic carbocycles. The molecular formula is C19H30N2O2. The molecule has 0 aromatic heterocycles. The van der Waals surface area contributed by atoms with E-state index < -0.39 is 0 Å². The highest BCUT2D eigenvalue weighted by Crippen LogP contribution is 2.24. The molecule has 0 spiro atoms. The summed E-state index contributed by atoms with van der Waals surface area (Å²) in [6.07, 6.45) is 4.86. The highest BCUT2D eigenvalue weighted by Gasteiger charge is 2.26. The van der Waals surface area contributed by atoms with Crippen molar-refractivity contribution < 1.29 is 9.53 Å². The van der Waals surface area contributed by atoms with Crippen LogP contribution >= 0.6 is 0 Å². The van der Waals surface area contributed by atoms with Gasteiger partial charge in [0.1, 0.15) is 5.75 Å². The third-order valence-electron chi connectivity index (χ3n) is 5.07. The number of likely N-dealkylation sites (N-methyl/N-ethyl adjacent to an activating group) is 1. The van der Waals surface area contributed by atoms with Crippen molar-refractivity contribution in [2.45, 2.75) is 58.2 Å². The van der Waals surface area contributed by atoms with Crippen LogP contribution in [0.5, 0.6) is 5.75 Å². The zero-order valence-electron chi connectivity index (χ0n) is 14.8. The minimum atomic E-state index is -0.133. The van der Waals surface area contributed by atoms with Crippen LogP contribution < -0.4 is 10.1 Å². The second-order valence-corrected chi connectivity index (χ2v) is 6.82. The van der Waals surface area contributed by atoms with Gasteiger partial charge in [0, 0.05) is 12.6 Å². The fourth-order valence-corrected chi connectivity index (χ4v) is 3.19. The fourth-order valence-electron chi connectivity index (χ4n) is 3.19. The van der Waals surface area contributed by atoms with Gasteiger partial charge in [-0.1, -0.05) is 31.9 Å². The number of carbonyl (C=O) groups is 1. The topological polar surface area (TPSA) is 41.6 Å². The molecule has 1 aromatic rings. The molecule has 1 aromatic carbocycles. The van der Waals surface area contributed by atoms with E-state index in [-0.39, 0.29) is 11.9 Å². The molecule has 0 radical (unpaired) electrons. The van der Waals surface area contributed by atoms with Crippen molar-refractivity contribution in [2.24, 2.45) is 5.92 Å². The third-order valence-corrected chi connectivity index (χ3v) is 5.07. The smallest absolute Gasteiger partial charge is 0.237 e. The lowest BCUT2D eigenvalue weighted by atomic mass is 9.86. The second-order valence-electron chi connectivity index (χ2n) is 6.82. The van der Waals surface area contributed by atoms with E-state index in [9.17, 15) is 4.79 Å². The van der Waals surface area contributed by atoms with E-state index >= 15 is 0 Å². The second kappa shape index (κ2) is 8.34. The first-order valence-electron chi connectivity index (χ1n) is 8.64. The summed E-state index contributed by atoms with van der Waals surface area (Å²) in [5, 5.41) is 3.25. The molecule has 1 amide bonds. The SMILES string of the molecule is COc1ccc(CN(C)C(C)C(=O)NC2CCCCC2C)cc1. The first-order chi connectivity index (χ1) is 11.0. The van der Waals surface area contributed by atoms with E-state index in [1.807, 2.05) is 38.2 Å². The van der Waals surface area contributed by atoms with Gasteiger partial charge in [-0.25, -0.2) is 0 Å². The lowest BCUT2D eigenvalue weighted by molar-refractivity contribution is -0.126. The number of rotatable bonds is 6. The third kappa shape index (κ3) is 4.96. The number of ether oxygens (including phenoxy) is 1. The van der Waals surface area contributed by atoms with Gasteiger partial charge in [-0.15, -0.1) is 0 Å². The Morgan fingerprint density at radius 2 is 1.96 bits per heavy atom. The van der Waals surface area contributed by atoms with Gasteiger partial charge in [0.25, 0.3) is 0 Å². The van der Waals surface area contributed by atoms with Gasteiger partial charge in [0.15, 0.2) is 0 Å². The van der Waals surface area contributed by atoms with Crippen LogP contribution in [0.2, 0.25) is 0 Å². The first-order valence-corrected chi connectivity index (χ1v) is 8.64. The van der Waals surface area contributed by atoms with Crippen molar-refractivity contribution in [3.63, 3.8) is 0 Å². The maximum atomic E-state index is 12.5. The van der Waals surface area contributed by atoms with Crippen molar-refractivity contribution in [1.82, 2.24) is 10.2 Å². The maximum Gasteiger partial charge on any atom is 0.237 e. The molecule has 4 nitrogen and oxygen atoms in total. The van der Waals surface area contributed by atoms with Gasteiger partial charge < -0.3 is 10.1 Å². The summed E-state index contributed by atoms with van der Waals surface area (Å²) in [6, 6.07) is 8.21. The van der Waals surface area contributed by atoms with Gasteiger partial charge in [-0.2, -0.15) is 0 Å². The van der Waals surface area contributed by atoms with Gasteiger partial charge in [-0.3, -0.25) is 9.69 Å². The summed E-state index contributed by atoms with van der Waals surface area (Å²) < 4.78 is 5.18. The summed E-state index contributed by atoms with van der Waals surface area (Å²) in [4.78, 5) is 14.6. The van der Waals surface area contributed by atoms with Crippen LogP contribution in [-0.4, -0.2) is 37.0 Å². The number of amides is 1. The normalized spacial score (nSPS) is 22.7. The van der Waals surface area contributed by atoms with Crippen LogP contribution in [0.4, 0.5) is 0 Å². The summed E-state index contributed by atoms with van der Waals surface area (Å²) >= 11 is 0. The Labute approximate surface area is 140 Å². The molecule has 128 valence electrons. The van der Waals surface area contributed by atoms with Crippen molar-refractivity contribution >= 4 is 5.91 Å². The van der Waals surface area contributed by atoms with Gasteiger partial charge in [0.05, 0.1) is 13.2 Å². The van der Waals surface area contributed by atoms with Crippen molar-refractivity contribution in [2.75, 3.05) is 14.2 Å². The Kier molecular flexibility index (Phi) is 6.46. The summed E-state index contributed by atoms with van der Waals surface area (Å²) in [5.74, 6) is 1.58. The molecule has 3 unspecified atom stereocenters. The Morgan fingerprint density at radius 3 is 2.57 bits per heavy atom. The predicted molar refractivity (Wildman–Crippen MR) is 93.5 cm³/mol. The first kappa shape index (κ1) is 17.8. The minimum absolute atomic E-state index is 0.133. The molecular weight excluding hydrogens is 288 g/mol. The average molecular weight is 318 g/mol. The van der Waals surface area contributed by atoms with E-state index in [1.165, 1.54) is 24.8 Å². The number of nitrogens with one attached hydrogen (secondary N) is 1. The fraction of sp³-hybridized carbons (Fsp3) is 0.632. The van der Waals surface area contributed by atoms with Crippen molar-refractivity contribution in [1.29, 1.82) is 0 Å². The lowest BCUT2D eigenvalue weighted by Crippen LogP contribution is -2.49. The maximum absolute atomic E-state index is 12.5. The van der Waals surface area contributed by atoms with Gasteiger partial charge >= 0.3 is 0 Å². The minimum Gasteiger partial charge on any atom is -0.497 e. The molecule has 1 N–H and O–H groups in total. The molecule has 1 fully saturated rings.